The fourth-order valence-corrected chi connectivity index (χ4v) is 3.35. The highest BCUT2D eigenvalue weighted by atomic mass is 35.5. The number of halogens is 1. The second-order valence-corrected chi connectivity index (χ2v) is 6.15. The number of methoxy groups -OCH3 is 1. The molecule has 1 aromatic heterocycles. The molecule has 0 saturated heterocycles. The van der Waals surface area contributed by atoms with Crippen LogP contribution in [0.1, 0.15) is 43.0 Å². The maximum absolute atomic E-state index is 11.6. The zero-order valence-corrected chi connectivity index (χ0v) is 13.5. The summed E-state index contributed by atoms with van der Waals surface area (Å²) in [5.41, 5.74) is 1.28. The molecular formula is C17H16ClN3O2. The van der Waals surface area contributed by atoms with E-state index in [4.69, 9.17) is 21.6 Å². The van der Waals surface area contributed by atoms with E-state index < -0.39 is 0 Å². The van der Waals surface area contributed by atoms with E-state index in [-0.39, 0.29) is 17.8 Å². The highest BCUT2D eigenvalue weighted by Crippen LogP contribution is 2.36. The van der Waals surface area contributed by atoms with E-state index in [1.165, 1.54) is 7.11 Å². The molecule has 0 unspecified atom stereocenters. The Morgan fingerprint density at radius 1 is 1.30 bits per heavy atom. The average Bonchev–Trinajstić information content (AvgIpc) is 2.60. The lowest BCUT2D eigenvalue weighted by Crippen LogP contribution is -2.23. The lowest BCUT2D eigenvalue weighted by atomic mass is 9.81. The number of carbonyl (C=O) groups excluding carboxylic acids is 1. The van der Waals surface area contributed by atoms with Crippen LogP contribution < -0.4 is 0 Å². The van der Waals surface area contributed by atoms with Crippen molar-refractivity contribution >= 4 is 28.5 Å². The van der Waals surface area contributed by atoms with Crippen molar-refractivity contribution in [1.29, 1.82) is 5.26 Å². The first-order valence-corrected chi connectivity index (χ1v) is 7.95. The third-order valence-corrected chi connectivity index (χ3v) is 4.71. The lowest BCUT2D eigenvalue weighted by Gasteiger charge is -2.26. The van der Waals surface area contributed by atoms with Crippen LogP contribution in [0.5, 0.6) is 0 Å². The Morgan fingerprint density at radius 3 is 2.70 bits per heavy atom. The molecule has 1 aromatic carbocycles. The van der Waals surface area contributed by atoms with Gasteiger partial charge in [0.2, 0.25) is 0 Å². The van der Waals surface area contributed by atoms with Gasteiger partial charge >= 0.3 is 5.97 Å². The van der Waals surface area contributed by atoms with E-state index >= 15 is 0 Å². The van der Waals surface area contributed by atoms with Crippen molar-refractivity contribution in [3.05, 3.63) is 34.7 Å². The number of rotatable bonds is 2. The second kappa shape index (κ2) is 6.51. The number of ether oxygens (including phenoxy) is 1. The number of carbonyl (C=O) groups is 1. The first-order chi connectivity index (χ1) is 11.1. The number of aromatic nitrogens is 2. The van der Waals surface area contributed by atoms with Crippen LogP contribution in [0.4, 0.5) is 0 Å². The normalized spacial score (nSPS) is 20.9. The molecule has 1 heterocycles. The summed E-state index contributed by atoms with van der Waals surface area (Å²) in [7, 11) is 1.43. The molecule has 0 spiro atoms. The predicted molar refractivity (Wildman–Crippen MR) is 86.0 cm³/mol. The largest absolute Gasteiger partial charge is 0.469 e. The topological polar surface area (TPSA) is 75.9 Å². The van der Waals surface area contributed by atoms with Crippen LogP contribution in [-0.2, 0) is 9.53 Å². The molecule has 1 aliphatic carbocycles. The second-order valence-electron chi connectivity index (χ2n) is 5.79. The molecule has 0 atom stereocenters. The van der Waals surface area contributed by atoms with E-state index in [9.17, 15) is 4.79 Å². The summed E-state index contributed by atoms with van der Waals surface area (Å²) in [5.74, 6) is 0.763. The SMILES string of the molecule is COC(=O)[C@H]1CC[C@H](c2nc(Cl)c3cc(C#N)ccc3n2)CC1. The van der Waals surface area contributed by atoms with Crippen molar-refractivity contribution < 1.29 is 9.53 Å². The van der Waals surface area contributed by atoms with Crippen LogP contribution in [0.2, 0.25) is 5.15 Å². The van der Waals surface area contributed by atoms with Gasteiger partial charge in [0.05, 0.1) is 30.2 Å². The maximum Gasteiger partial charge on any atom is 0.308 e. The van der Waals surface area contributed by atoms with Gasteiger partial charge in [-0.15, -0.1) is 0 Å². The highest BCUT2D eigenvalue weighted by molar-refractivity contribution is 6.34. The molecule has 0 N–H and O–H groups in total. The summed E-state index contributed by atoms with van der Waals surface area (Å²) in [6.45, 7) is 0. The third kappa shape index (κ3) is 3.13. The minimum atomic E-state index is -0.134. The van der Waals surface area contributed by atoms with Gasteiger partial charge in [0.1, 0.15) is 11.0 Å². The first-order valence-electron chi connectivity index (χ1n) is 7.57. The summed E-state index contributed by atoms with van der Waals surface area (Å²) in [6, 6.07) is 7.31. The molecule has 3 rings (SSSR count). The molecule has 0 radical (unpaired) electrons. The van der Waals surface area contributed by atoms with Crippen molar-refractivity contribution in [3.63, 3.8) is 0 Å². The van der Waals surface area contributed by atoms with Crippen molar-refractivity contribution in [2.75, 3.05) is 7.11 Å². The molecule has 0 bridgehead atoms. The molecular weight excluding hydrogens is 314 g/mol. The smallest absolute Gasteiger partial charge is 0.308 e. The van der Waals surface area contributed by atoms with Gasteiger partial charge in [-0.25, -0.2) is 9.97 Å². The zero-order chi connectivity index (χ0) is 16.4. The highest BCUT2D eigenvalue weighted by Gasteiger charge is 2.29. The molecule has 1 fully saturated rings. The molecule has 0 amide bonds. The quantitative estimate of drug-likeness (QED) is 0.621. The van der Waals surface area contributed by atoms with E-state index in [1.807, 2.05) is 0 Å². The molecule has 5 nitrogen and oxygen atoms in total. The number of hydrogen-bond acceptors (Lipinski definition) is 5. The summed E-state index contributed by atoms with van der Waals surface area (Å²) in [4.78, 5) is 20.6. The van der Waals surface area contributed by atoms with E-state index in [1.54, 1.807) is 18.2 Å². The standard InChI is InChI=1S/C17H16ClN3O2/c1-23-17(22)12-5-3-11(4-6-12)16-20-14-7-2-10(9-19)8-13(14)15(18)21-16/h2,7-8,11-12H,3-6H2,1H3/t11-,12-. The minimum Gasteiger partial charge on any atom is -0.469 e. The van der Waals surface area contributed by atoms with Crippen LogP contribution >= 0.6 is 11.6 Å². The Hall–Kier alpha value is -2.19. The molecule has 0 aliphatic heterocycles. The number of benzene rings is 1. The van der Waals surface area contributed by atoms with Crippen LogP contribution in [0.25, 0.3) is 10.9 Å². The molecule has 6 heteroatoms. The Balaban J connectivity index is 1.84. The summed E-state index contributed by atoms with van der Waals surface area (Å²) in [6.07, 6.45) is 3.25. The van der Waals surface area contributed by atoms with Crippen LogP contribution in [0.15, 0.2) is 18.2 Å². The van der Waals surface area contributed by atoms with Crippen molar-refractivity contribution in [2.24, 2.45) is 5.92 Å². The molecule has 118 valence electrons. The number of esters is 1. The Morgan fingerprint density at radius 2 is 2.04 bits per heavy atom. The van der Waals surface area contributed by atoms with E-state index in [0.717, 1.165) is 37.0 Å². The van der Waals surface area contributed by atoms with Gasteiger partial charge in [-0.1, -0.05) is 11.6 Å². The summed E-state index contributed by atoms with van der Waals surface area (Å²) >= 11 is 6.28. The van der Waals surface area contributed by atoms with Crippen molar-refractivity contribution in [1.82, 2.24) is 9.97 Å². The molecule has 1 saturated carbocycles. The van der Waals surface area contributed by atoms with Crippen molar-refractivity contribution in [2.45, 2.75) is 31.6 Å². The Bertz CT molecular complexity index is 792. The van der Waals surface area contributed by atoms with Gasteiger partial charge in [-0.05, 0) is 43.9 Å². The number of hydrogen-bond donors (Lipinski definition) is 0. The predicted octanol–water partition coefficient (Wildman–Crippen LogP) is 3.60. The Labute approximate surface area is 139 Å². The average molecular weight is 330 g/mol. The molecule has 1 aliphatic rings. The Kier molecular flexibility index (Phi) is 4.44. The van der Waals surface area contributed by atoms with Gasteiger partial charge in [0.25, 0.3) is 0 Å². The van der Waals surface area contributed by atoms with Crippen LogP contribution in [-0.4, -0.2) is 23.0 Å². The van der Waals surface area contributed by atoms with E-state index in [0.29, 0.717) is 16.1 Å². The van der Waals surface area contributed by atoms with E-state index in [2.05, 4.69) is 16.0 Å². The van der Waals surface area contributed by atoms with Crippen molar-refractivity contribution in [3.8, 4) is 6.07 Å². The van der Waals surface area contributed by atoms with Gasteiger partial charge in [-0.3, -0.25) is 4.79 Å². The van der Waals surface area contributed by atoms with Gasteiger partial charge in [-0.2, -0.15) is 5.26 Å². The third-order valence-electron chi connectivity index (χ3n) is 4.42. The monoisotopic (exact) mass is 329 g/mol. The number of fused-ring (bicyclic) bond motifs is 1. The summed E-state index contributed by atoms with van der Waals surface area (Å²) in [5, 5.41) is 10.0. The zero-order valence-electron chi connectivity index (χ0n) is 12.8. The lowest BCUT2D eigenvalue weighted by molar-refractivity contribution is -0.146. The van der Waals surface area contributed by atoms with Crippen LogP contribution in [0.3, 0.4) is 0 Å². The van der Waals surface area contributed by atoms with Gasteiger partial charge in [0.15, 0.2) is 0 Å². The molecule has 2 aromatic rings. The van der Waals surface area contributed by atoms with Crippen LogP contribution in [0, 0.1) is 17.2 Å². The number of nitrogens with zero attached hydrogens (tertiary/aromatic N) is 3. The number of nitriles is 1. The maximum atomic E-state index is 11.6. The summed E-state index contributed by atoms with van der Waals surface area (Å²) < 4.78 is 4.81. The molecule has 23 heavy (non-hydrogen) atoms. The fraction of sp³-hybridized carbons (Fsp3) is 0.412. The fourth-order valence-electron chi connectivity index (χ4n) is 3.11. The van der Waals surface area contributed by atoms with Gasteiger partial charge < -0.3 is 4.74 Å². The van der Waals surface area contributed by atoms with Gasteiger partial charge in [0, 0.05) is 11.3 Å². The first kappa shape index (κ1) is 15.7. The minimum absolute atomic E-state index is 0.0228.